The van der Waals surface area contributed by atoms with E-state index in [0.717, 1.165) is 16.1 Å². The number of nitrogens with one attached hydrogen (secondary N) is 2. The largest absolute Gasteiger partial charge is 0.457 e. The number of urea groups is 1. The van der Waals surface area contributed by atoms with Crippen molar-refractivity contribution in [2.75, 3.05) is 0 Å². The van der Waals surface area contributed by atoms with E-state index in [1.807, 2.05) is 48.5 Å². The van der Waals surface area contributed by atoms with Crippen LogP contribution in [0.15, 0.2) is 48.5 Å². The zero-order valence-corrected chi connectivity index (χ0v) is 15.7. The fourth-order valence-corrected chi connectivity index (χ4v) is 3.61. The van der Waals surface area contributed by atoms with Gasteiger partial charge in [-0.25, -0.2) is 4.79 Å². The molecule has 0 saturated carbocycles. The van der Waals surface area contributed by atoms with Gasteiger partial charge < -0.3 is 10.1 Å². The quantitative estimate of drug-likeness (QED) is 0.799. The van der Waals surface area contributed by atoms with E-state index < -0.39 is 23.4 Å². The second-order valence-corrected chi connectivity index (χ2v) is 7.23. The van der Waals surface area contributed by atoms with E-state index in [4.69, 9.17) is 4.74 Å². The monoisotopic (exact) mass is 379 g/mol. The fourth-order valence-electron chi connectivity index (χ4n) is 3.61. The molecule has 28 heavy (non-hydrogen) atoms. The Kier molecular flexibility index (Phi) is 4.30. The molecule has 0 aliphatic carbocycles. The number of fused-ring (bicyclic) bond motifs is 2. The Morgan fingerprint density at radius 1 is 1.11 bits per heavy atom. The highest BCUT2D eigenvalue weighted by molar-refractivity contribution is 6.07. The van der Waals surface area contributed by atoms with Crippen molar-refractivity contribution in [2.24, 2.45) is 0 Å². The van der Waals surface area contributed by atoms with Crippen LogP contribution in [0.5, 0.6) is 11.5 Å². The summed E-state index contributed by atoms with van der Waals surface area (Å²) in [6.45, 7) is 3.45. The third-order valence-electron chi connectivity index (χ3n) is 5.40. The Morgan fingerprint density at radius 3 is 2.21 bits per heavy atom. The molecule has 1 atom stereocenters. The van der Waals surface area contributed by atoms with Gasteiger partial charge in [-0.1, -0.05) is 43.3 Å². The first-order valence-electron chi connectivity index (χ1n) is 9.25. The van der Waals surface area contributed by atoms with Crippen molar-refractivity contribution < 1.29 is 19.1 Å². The summed E-state index contributed by atoms with van der Waals surface area (Å²) >= 11 is 0. The van der Waals surface area contributed by atoms with Crippen LogP contribution in [-0.4, -0.2) is 28.4 Å². The maximum Gasteiger partial charge on any atom is 0.344 e. The lowest BCUT2D eigenvalue weighted by Gasteiger charge is -2.28. The van der Waals surface area contributed by atoms with Gasteiger partial charge in [0.1, 0.15) is 17.0 Å². The molecule has 2 aliphatic rings. The van der Waals surface area contributed by atoms with E-state index in [9.17, 15) is 14.4 Å². The van der Waals surface area contributed by atoms with Gasteiger partial charge in [-0.05, 0) is 25.5 Å². The van der Waals surface area contributed by atoms with Gasteiger partial charge in [-0.15, -0.1) is 0 Å². The van der Waals surface area contributed by atoms with E-state index in [-0.39, 0.29) is 12.3 Å². The molecule has 4 rings (SSSR count). The van der Waals surface area contributed by atoms with E-state index in [1.165, 1.54) is 0 Å². The number of nitrogens with zero attached hydrogens (tertiary/aromatic N) is 1. The molecular formula is C21H21N3O4. The minimum absolute atomic E-state index is 0.0806. The highest BCUT2D eigenvalue weighted by Crippen LogP contribution is 2.45. The topological polar surface area (TPSA) is 87.7 Å². The van der Waals surface area contributed by atoms with Crippen LogP contribution in [0.3, 0.4) is 0 Å². The van der Waals surface area contributed by atoms with Gasteiger partial charge in [0.05, 0.1) is 0 Å². The summed E-state index contributed by atoms with van der Waals surface area (Å²) in [5.74, 6) is 0.293. The van der Waals surface area contributed by atoms with Crippen LogP contribution in [0, 0.1) is 0 Å². The highest BCUT2D eigenvalue weighted by atomic mass is 16.5. The van der Waals surface area contributed by atoms with Gasteiger partial charge in [0, 0.05) is 23.5 Å². The Labute approximate surface area is 162 Å². The molecule has 1 fully saturated rings. The predicted molar refractivity (Wildman–Crippen MR) is 102 cm³/mol. The lowest BCUT2D eigenvalue weighted by molar-refractivity contribution is -0.138. The van der Waals surface area contributed by atoms with Gasteiger partial charge in [0.2, 0.25) is 5.91 Å². The maximum absolute atomic E-state index is 12.8. The first-order chi connectivity index (χ1) is 13.4. The number of hydrogen-bond acceptors (Lipinski definition) is 4. The predicted octanol–water partition coefficient (Wildman–Crippen LogP) is 3.07. The zero-order chi connectivity index (χ0) is 19.9. The second-order valence-electron chi connectivity index (χ2n) is 7.23. The molecule has 7 heteroatoms. The number of hydrazine groups is 1. The van der Waals surface area contributed by atoms with Crippen LogP contribution in [0.4, 0.5) is 4.79 Å². The van der Waals surface area contributed by atoms with Crippen molar-refractivity contribution in [1.29, 1.82) is 0 Å². The summed E-state index contributed by atoms with van der Waals surface area (Å²) in [5, 5.41) is 3.40. The average molecular weight is 379 g/mol. The van der Waals surface area contributed by atoms with Crippen molar-refractivity contribution in [1.82, 2.24) is 15.8 Å². The Morgan fingerprint density at radius 2 is 1.68 bits per heavy atom. The molecule has 0 bridgehead atoms. The van der Waals surface area contributed by atoms with Crippen LogP contribution in [0.2, 0.25) is 0 Å². The molecule has 0 aromatic heterocycles. The molecule has 1 saturated heterocycles. The molecule has 4 amide bonds. The fraction of sp³-hybridized carbons (Fsp3) is 0.286. The van der Waals surface area contributed by atoms with Crippen molar-refractivity contribution in [3.8, 4) is 11.5 Å². The number of carbonyl (C=O) groups excluding carboxylic acids is 3. The molecule has 2 N–H and O–H groups in total. The van der Waals surface area contributed by atoms with Crippen molar-refractivity contribution in [2.45, 2.75) is 38.1 Å². The highest BCUT2D eigenvalue weighted by Gasteiger charge is 2.47. The molecule has 0 radical (unpaired) electrons. The number of benzene rings is 2. The van der Waals surface area contributed by atoms with Crippen LogP contribution in [0.25, 0.3) is 0 Å². The number of amides is 4. The van der Waals surface area contributed by atoms with Gasteiger partial charge in [-0.3, -0.25) is 15.0 Å². The normalized spacial score (nSPS) is 20.9. The van der Waals surface area contributed by atoms with E-state index >= 15 is 0 Å². The molecule has 1 unspecified atom stereocenters. The molecule has 2 aromatic carbocycles. The number of carbonyl (C=O) groups is 3. The lowest BCUT2D eigenvalue weighted by atomic mass is 9.85. The first-order valence-corrected chi connectivity index (χ1v) is 9.25. The number of rotatable bonds is 4. The van der Waals surface area contributed by atoms with Crippen LogP contribution in [-0.2, 0) is 9.59 Å². The third-order valence-corrected chi connectivity index (χ3v) is 5.40. The molecular weight excluding hydrogens is 358 g/mol. The molecule has 7 nitrogen and oxygen atoms in total. The zero-order valence-electron chi connectivity index (χ0n) is 15.7. The van der Waals surface area contributed by atoms with Crippen LogP contribution in [0.1, 0.15) is 43.7 Å². The van der Waals surface area contributed by atoms with E-state index in [1.54, 1.807) is 13.8 Å². The lowest BCUT2D eigenvalue weighted by Crippen LogP contribution is -2.48. The summed E-state index contributed by atoms with van der Waals surface area (Å²) < 4.78 is 5.94. The van der Waals surface area contributed by atoms with E-state index in [0.29, 0.717) is 17.9 Å². The summed E-state index contributed by atoms with van der Waals surface area (Å²) in [4.78, 5) is 37.4. The molecule has 144 valence electrons. The summed E-state index contributed by atoms with van der Waals surface area (Å²) in [6.07, 6.45) is 0.516. The van der Waals surface area contributed by atoms with Crippen LogP contribution >= 0.6 is 0 Å². The summed E-state index contributed by atoms with van der Waals surface area (Å²) in [5.41, 5.74) is 3.26. The van der Waals surface area contributed by atoms with E-state index in [2.05, 4.69) is 10.7 Å². The van der Waals surface area contributed by atoms with Gasteiger partial charge >= 0.3 is 6.03 Å². The average Bonchev–Trinajstić information content (AvgIpc) is 2.91. The smallest absolute Gasteiger partial charge is 0.344 e. The minimum atomic E-state index is -0.998. The Balaban J connectivity index is 1.57. The number of imide groups is 1. The summed E-state index contributed by atoms with van der Waals surface area (Å²) in [6, 6.07) is 14.5. The summed E-state index contributed by atoms with van der Waals surface area (Å²) in [7, 11) is 0. The molecule has 2 heterocycles. The Bertz CT molecular complexity index is 928. The number of para-hydroxylation sites is 2. The minimum Gasteiger partial charge on any atom is -0.457 e. The standard InChI is InChI=1S/C21H21N3O4/c1-3-21(2)19(26)24(20(27)22-21)23-18(25)12-15-13-8-4-6-10-16(13)28-17-11-7-5-9-14(15)17/h4-11,15H,3,12H2,1-2H3,(H,22,27)(H,23,25). The van der Waals surface area contributed by atoms with Crippen LogP contribution < -0.4 is 15.5 Å². The van der Waals surface area contributed by atoms with Crippen molar-refractivity contribution >= 4 is 17.8 Å². The van der Waals surface area contributed by atoms with Gasteiger partial charge in [0.25, 0.3) is 5.91 Å². The van der Waals surface area contributed by atoms with Gasteiger partial charge in [-0.2, -0.15) is 5.01 Å². The molecule has 2 aliphatic heterocycles. The van der Waals surface area contributed by atoms with Crippen molar-refractivity contribution in [3.05, 3.63) is 59.7 Å². The maximum atomic E-state index is 12.8. The number of ether oxygens (including phenoxy) is 1. The molecule has 0 spiro atoms. The third kappa shape index (κ3) is 2.89. The SMILES string of the molecule is CCC1(C)NC(=O)N(NC(=O)CC2c3ccccc3Oc3ccccc32)C1=O. The second kappa shape index (κ2) is 6.67. The van der Waals surface area contributed by atoms with Crippen molar-refractivity contribution in [3.63, 3.8) is 0 Å². The molecule has 2 aromatic rings. The Hall–Kier alpha value is -3.35. The first kappa shape index (κ1) is 18.0. The number of hydrogen-bond donors (Lipinski definition) is 2. The van der Waals surface area contributed by atoms with Gasteiger partial charge in [0.15, 0.2) is 0 Å².